The molecule has 224 valence electrons. The number of nitrogens with zero attached hydrogens (tertiary/aromatic N) is 5. The van der Waals surface area contributed by atoms with Crippen molar-refractivity contribution in [1.82, 2.24) is 24.2 Å². The minimum Gasteiger partial charge on any atom is -0.478 e. The molecule has 0 aliphatic carbocycles. The normalized spacial score (nSPS) is 17.6. The molecule has 9 nitrogen and oxygen atoms in total. The highest BCUT2D eigenvalue weighted by atomic mass is 19.3. The highest BCUT2D eigenvalue weighted by Gasteiger charge is 2.22. The number of alkyl halides is 2. The molecular weight excluding hydrogens is 556 g/mol. The molecule has 5 aromatic rings. The number of halogens is 2. The predicted octanol–water partition coefficient (Wildman–Crippen LogP) is 5.51. The molecule has 0 radical (unpaired) electrons. The summed E-state index contributed by atoms with van der Waals surface area (Å²) in [6.07, 6.45) is 2.42. The third-order valence-electron chi connectivity index (χ3n) is 7.44. The summed E-state index contributed by atoms with van der Waals surface area (Å²) >= 11 is 0. The van der Waals surface area contributed by atoms with Gasteiger partial charge in [-0.15, -0.1) is 0 Å². The van der Waals surface area contributed by atoms with Crippen molar-refractivity contribution in [3.63, 3.8) is 0 Å². The van der Waals surface area contributed by atoms with E-state index in [1.165, 1.54) is 16.7 Å². The minimum atomic E-state index is -2.95. The first-order valence-electron chi connectivity index (χ1n) is 14.4. The van der Waals surface area contributed by atoms with Crippen molar-refractivity contribution in [2.75, 3.05) is 26.2 Å². The fraction of sp³-hybridized carbons (Fsp3) is 0.344. The zero-order valence-corrected chi connectivity index (χ0v) is 24.2. The molecule has 0 bridgehead atoms. The first-order chi connectivity index (χ1) is 20.8. The highest BCUT2D eigenvalue weighted by molar-refractivity contribution is 5.88. The van der Waals surface area contributed by atoms with Gasteiger partial charge in [-0.25, -0.2) is 0 Å². The molecule has 0 N–H and O–H groups in total. The van der Waals surface area contributed by atoms with Gasteiger partial charge in [0.15, 0.2) is 5.65 Å². The molecule has 0 amide bonds. The number of hydrogen-bond donors (Lipinski definition) is 0. The number of aromatic nitrogens is 4. The summed E-state index contributed by atoms with van der Waals surface area (Å²) in [7, 11) is 0. The molecule has 1 aliphatic rings. The van der Waals surface area contributed by atoms with E-state index in [4.69, 9.17) is 14.6 Å². The monoisotopic (exact) mass is 589 g/mol. The molecule has 4 heterocycles. The Morgan fingerprint density at radius 3 is 2.47 bits per heavy atom. The Morgan fingerprint density at radius 1 is 0.977 bits per heavy atom. The smallest absolute Gasteiger partial charge is 0.387 e. The standard InChI is InChI=1S/C32H33F2N5O4/c1-4-41-29-12-6-23-16-27(31(40)39(30(23)35-29)25-7-9-26(10-8-25)43-32(33)34)22-5-11-28-24(15-22)19-38(36-28)14-13-37-17-20(2)42-21(3)18-37/h5-12,15-16,19-21,32H,4,13-14,17-18H2,1-3H3/t20-,21?/m0/s1. The Morgan fingerprint density at radius 2 is 1.74 bits per heavy atom. The van der Waals surface area contributed by atoms with Crippen LogP contribution >= 0.6 is 0 Å². The molecule has 11 heteroatoms. The van der Waals surface area contributed by atoms with E-state index in [1.807, 2.05) is 48.1 Å². The predicted molar refractivity (Wildman–Crippen MR) is 160 cm³/mol. The summed E-state index contributed by atoms with van der Waals surface area (Å²) < 4.78 is 44.8. The van der Waals surface area contributed by atoms with Crippen LogP contribution in [0.25, 0.3) is 38.8 Å². The number of rotatable bonds is 9. The van der Waals surface area contributed by atoms with Crippen molar-refractivity contribution in [3.8, 4) is 28.4 Å². The number of pyridine rings is 2. The molecule has 6 rings (SSSR count). The van der Waals surface area contributed by atoms with Crippen LogP contribution in [-0.4, -0.2) is 69.3 Å². The van der Waals surface area contributed by atoms with Crippen molar-refractivity contribution in [2.45, 2.75) is 46.1 Å². The molecule has 1 fully saturated rings. The molecular formula is C32H33F2N5O4. The maximum absolute atomic E-state index is 14.1. The topological polar surface area (TPSA) is 83.6 Å². The Labute approximate surface area is 247 Å². The van der Waals surface area contributed by atoms with Crippen LogP contribution in [0.5, 0.6) is 11.6 Å². The van der Waals surface area contributed by atoms with E-state index < -0.39 is 6.61 Å². The lowest BCUT2D eigenvalue weighted by Gasteiger charge is -2.35. The van der Waals surface area contributed by atoms with E-state index in [0.717, 1.165) is 48.0 Å². The first-order valence-corrected chi connectivity index (χ1v) is 14.4. The molecule has 1 aliphatic heterocycles. The van der Waals surface area contributed by atoms with Crippen molar-refractivity contribution >= 4 is 21.9 Å². The average Bonchev–Trinajstić information content (AvgIpc) is 3.38. The Hall–Kier alpha value is -4.35. The van der Waals surface area contributed by atoms with Crippen LogP contribution in [0, 0.1) is 0 Å². The maximum atomic E-state index is 14.1. The van der Waals surface area contributed by atoms with Crippen molar-refractivity contribution in [1.29, 1.82) is 0 Å². The summed E-state index contributed by atoms with van der Waals surface area (Å²) in [6.45, 7) is 6.91. The third kappa shape index (κ3) is 6.23. The lowest BCUT2D eigenvalue weighted by molar-refractivity contribution is -0.0687. The lowest BCUT2D eigenvalue weighted by Crippen LogP contribution is -2.46. The second-order valence-electron chi connectivity index (χ2n) is 10.7. The quantitative estimate of drug-likeness (QED) is 0.224. The van der Waals surface area contributed by atoms with E-state index in [0.29, 0.717) is 29.4 Å². The largest absolute Gasteiger partial charge is 0.478 e. The van der Waals surface area contributed by atoms with E-state index >= 15 is 0 Å². The van der Waals surface area contributed by atoms with Gasteiger partial charge >= 0.3 is 6.61 Å². The second-order valence-corrected chi connectivity index (χ2v) is 10.7. The van der Waals surface area contributed by atoms with E-state index in [-0.39, 0.29) is 23.5 Å². The van der Waals surface area contributed by atoms with Gasteiger partial charge in [-0.2, -0.15) is 18.9 Å². The molecule has 43 heavy (non-hydrogen) atoms. The van der Waals surface area contributed by atoms with Gasteiger partial charge in [-0.1, -0.05) is 6.07 Å². The van der Waals surface area contributed by atoms with Crippen LogP contribution in [0.4, 0.5) is 8.78 Å². The Kier molecular flexibility index (Phi) is 8.09. The van der Waals surface area contributed by atoms with Crippen molar-refractivity contribution < 1.29 is 23.0 Å². The van der Waals surface area contributed by atoms with Crippen molar-refractivity contribution in [3.05, 3.63) is 77.2 Å². The summed E-state index contributed by atoms with van der Waals surface area (Å²) in [5.41, 5.74) is 2.58. The number of hydrogen-bond acceptors (Lipinski definition) is 7. The number of fused-ring (bicyclic) bond motifs is 2. The molecule has 2 aromatic carbocycles. The molecule has 3 aromatic heterocycles. The Balaban J connectivity index is 1.37. The van der Waals surface area contributed by atoms with Gasteiger partial charge in [0.1, 0.15) is 5.75 Å². The summed E-state index contributed by atoms with van der Waals surface area (Å²) in [6, 6.07) is 17.1. The lowest BCUT2D eigenvalue weighted by atomic mass is 10.0. The summed E-state index contributed by atoms with van der Waals surface area (Å²) in [4.78, 5) is 21.1. The third-order valence-corrected chi connectivity index (χ3v) is 7.44. The first kappa shape index (κ1) is 28.8. The second kappa shape index (κ2) is 12.1. The van der Waals surface area contributed by atoms with Gasteiger partial charge in [0, 0.05) is 48.2 Å². The number of benzene rings is 2. The van der Waals surface area contributed by atoms with Crippen LogP contribution in [-0.2, 0) is 11.3 Å². The van der Waals surface area contributed by atoms with E-state index in [9.17, 15) is 13.6 Å². The molecule has 1 saturated heterocycles. The highest BCUT2D eigenvalue weighted by Crippen LogP contribution is 2.27. The van der Waals surface area contributed by atoms with Crippen LogP contribution < -0.4 is 15.0 Å². The van der Waals surface area contributed by atoms with Gasteiger partial charge in [-0.3, -0.25) is 18.9 Å². The van der Waals surface area contributed by atoms with E-state index in [1.54, 1.807) is 18.2 Å². The van der Waals surface area contributed by atoms with Gasteiger partial charge < -0.3 is 14.2 Å². The van der Waals surface area contributed by atoms with Crippen LogP contribution in [0.15, 0.2) is 71.7 Å². The van der Waals surface area contributed by atoms with Gasteiger partial charge in [-0.05, 0) is 74.9 Å². The number of morpholine rings is 1. The van der Waals surface area contributed by atoms with Gasteiger partial charge in [0.05, 0.1) is 36.6 Å². The zero-order chi connectivity index (χ0) is 30.1. The van der Waals surface area contributed by atoms with Crippen LogP contribution in [0.3, 0.4) is 0 Å². The van der Waals surface area contributed by atoms with Crippen LogP contribution in [0.1, 0.15) is 20.8 Å². The zero-order valence-electron chi connectivity index (χ0n) is 24.2. The molecule has 1 unspecified atom stereocenters. The fourth-order valence-corrected chi connectivity index (χ4v) is 5.69. The molecule has 0 saturated carbocycles. The maximum Gasteiger partial charge on any atom is 0.387 e. The average molecular weight is 590 g/mol. The summed E-state index contributed by atoms with van der Waals surface area (Å²) in [5.74, 6) is 0.374. The SMILES string of the molecule is CCOc1ccc2cc(-c3ccc4nn(CCN5CC(C)O[C@@H](C)C5)cc4c3)c(=O)n(-c3ccc(OC(F)F)cc3)c2n1. The summed E-state index contributed by atoms with van der Waals surface area (Å²) in [5, 5.41) is 6.39. The minimum absolute atomic E-state index is 0.00432. The number of ether oxygens (including phenoxy) is 3. The van der Waals surface area contributed by atoms with Gasteiger partial charge in [0.2, 0.25) is 5.88 Å². The van der Waals surface area contributed by atoms with E-state index in [2.05, 4.69) is 28.5 Å². The molecule has 2 atom stereocenters. The van der Waals surface area contributed by atoms with Gasteiger partial charge in [0.25, 0.3) is 5.56 Å². The fourth-order valence-electron chi connectivity index (χ4n) is 5.69. The van der Waals surface area contributed by atoms with Crippen LogP contribution in [0.2, 0.25) is 0 Å². The molecule has 0 spiro atoms. The van der Waals surface area contributed by atoms with Crippen molar-refractivity contribution in [2.24, 2.45) is 0 Å². The Bertz CT molecular complexity index is 1790.